The molecule has 3 nitrogen and oxygen atoms in total. The molecule has 1 rings (SSSR count). The van der Waals surface area contributed by atoms with Crippen LogP contribution in [0.25, 0.3) is 0 Å². The SMILES string of the molecule is CCNC(C)CCCc1cnccc1N. The number of hydrogen-bond acceptors (Lipinski definition) is 3. The fraction of sp³-hybridized carbons (Fsp3) is 0.583. The molecule has 84 valence electrons. The summed E-state index contributed by atoms with van der Waals surface area (Å²) in [5, 5.41) is 3.40. The lowest BCUT2D eigenvalue weighted by Gasteiger charge is -2.12. The van der Waals surface area contributed by atoms with E-state index in [9.17, 15) is 0 Å². The summed E-state index contributed by atoms with van der Waals surface area (Å²) in [7, 11) is 0. The van der Waals surface area contributed by atoms with Crippen LogP contribution in [-0.4, -0.2) is 17.6 Å². The molecule has 0 amide bonds. The van der Waals surface area contributed by atoms with E-state index in [2.05, 4.69) is 24.1 Å². The summed E-state index contributed by atoms with van der Waals surface area (Å²) in [5.41, 5.74) is 7.87. The van der Waals surface area contributed by atoms with Gasteiger partial charge in [0.2, 0.25) is 0 Å². The van der Waals surface area contributed by atoms with Crippen LogP contribution in [0, 0.1) is 0 Å². The van der Waals surface area contributed by atoms with Gasteiger partial charge >= 0.3 is 0 Å². The van der Waals surface area contributed by atoms with Gasteiger partial charge in [0.15, 0.2) is 0 Å². The van der Waals surface area contributed by atoms with Crippen LogP contribution in [0.2, 0.25) is 0 Å². The summed E-state index contributed by atoms with van der Waals surface area (Å²) in [6, 6.07) is 2.45. The molecular formula is C12H21N3. The Bertz CT molecular complexity index is 286. The van der Waals surface area contributed by atoms with Crippen LogP contribution in [0.1, 0.15) is 32.3 Å². The first-order chi connectivity index (χ1) is 7.24. The fourth-order valence-corrected chi connectivity index (χ4v) is 1.70. The van der Waals surface area contributed by atoms with Gasteiger partial charge in [-0.3, -0.25) is 4.98 Å². The van der Waals surface area contributed by atoms with Crippen LogP contribution in [0.5, 0.6) is 0 Å². The molecular weight excluding hydrogens is 186 g/mol. The van der Waals surface area contributed by atoms with E-state index in [1.807, 2.05) is 12.3 Å². The highest BCUT2D eigenvalue weighted by Gasteiger charge is 2.02. The number of nitrogens with one attached hydrogen (secondary N) is 1. The van der Waals surface area contributed by atoms with Gasteiger partial charge in [0.1, 0.15) is 0 Å². The Hall–Kier alpha value is -1.09. The molecule has 1 atom stereocenters. The number of nitrogens with zero attached hydrogens (tertiary/aromatic N) is 1. The lowest BCUT2D eigenvalue weighted by atomic mass is 10.1. The Kier molecular flexibility index (Phi) is 5.12. The second-order valence-corrected chi connectivity index (χ2v) is 3.93. The summed E-state index contributed by atoms with van der Waals surface area (Å²) in [6.07, 6.45) is 6.97. The molecule has 0 spiro atoms. The summed E-state index contributed by atoms with van der Waals surface area (Å²) >= 11 is 0. The van der Waals surface area contributed by atoms with Crippen LogP contribution >= 0.6 is 0 Å². The lowest BCUT2D eigenvalue weighted by Crippen LogP contribution is -2.25. The second-order valence-electron chi connectivity index (χ2n) is 3.93. The minimum absolute atomic E-state index is 0.591. The Morgan fingerprint density at radius 3 is 3.00 bits per heavy atom. The number of nitrogens with two attached hydrogens (primary N) is 1. The van der Waals surface area contributed by atoms with E-state index in [-0.39, 0.29) is 0 Å². The highest BCUT2D eigenvalue weighted by molar-refractivity contribution is 5.44. The van der Waals surface area contributed by atoms with E-state index in [1.165, 1.54) is 12.0 Å². The minimum Gasteiger partial charge on any atom is -0.398 e. The van der Waals surface area contributed by atoms with Crippen molar-refractivity contribution in [3.63, 3.8) is 0 Å². The molecule has 1 aromatic heterocycles. The number of rotatable bonds is 6. The quantitative estimate of drug-likeness (QED) is 0.750. The summed E-state index contributed by atoms with van der Waals surface area (Å²) < 4.78 is 0. The zero-order valence-electron chi connectivity index (χ0n) is 9.66. The van der Waals surface area contributed by atoms with Gasteiger partial charge in [-0.1, -0.05) is 6.92 Å². The van der Waals surface area contributed by atoms with E-state index in [0.717, 1.165) is 25.1 Å². The number of anilines is 1. The molecule has 0 saturated carbocycles. The number of pyridine rings is 1. The maximum Gasteiger partial charge on any atom is 0.0377 e. The van der Waals surface area contributed by atoms with Gasteiger partial charge in [-0.25, -0.2) is 0 Å². The Balaban J connectivity index is 2.29. The molecule has 0 radical (unpaired) electrons. The maximum absolute atomic E-state index is 5.84. The number of aryl methyl sites for hydroxylation is 1. The molecule has 0 bridgehead atoms. The van der Waals surface area contributed by atoms with E-state index < -0.39 is 0 Å². The first kappa shape index (κ1) is 12.0. The molecule has 1 unspecified atom stereocenters. The molecule has 0 aliphatic carbocycles. The Labute approximate surface area is 92.1 Å². The fourth-order valence-electron chi connectivity index (χ4n) is 1.70. The molecule has 0 aromatic carbocycles. The van der Waals surface area contributed by atoms with Crippen LogP contribution < -0.4 is 11.1 Å². The third-order valence-electron chi connectivity index (χ3n) is 2.58. The minimum atomic E-state index is 0.591. The number of nitrogen functional groups attached to an aromatic ring is 1. The molecule has 15 heavy (non-hydrogen) atoms. The van der Waals surface area contributed by atoms with Crippen molar-refractivity contribution in [3.8, 4) is 0 Å². The molecule has 3 N–H and O–H groups in total. The van der Waals surface area contributed by atoms with Crippen molar-refractivity contribution in [2.75, 3.05) is 12.3 Å². The van der Waals surface area contributed by atoms with Crippen LogP contribution in [0.4, 0.5) is 5.69 Å². The van der Waals surface area contributed by atoms with Crippen LogP contribution in [0.15, 0.2) is 18.5 Å². The second kappa shape index (κ2) is 6.40. The topological polar surface area (TPSA) is 50.9 Å². The van der Waals surface area contributed by atoms with Crippen molar-refractivity contribution >= 4 is 5.69 Å². The van der Waals surface area contributed by atoms with Crippen molar-refractivity contribution in [1.82, 2.24) is 10.3 Å². The third kappa shape index (κ3) is 4.30. The van der Waals surface area contributed by atoms with E-state index >= 15 is 0 Å². The smallest absolute Gasteiger partial charge is 0.0377 e. The van der Waals surface area contributed by atoms with Gasteiger partial charge in [-0.05, 0) is 44.4 Å². The van der Waals surface area contributed by atoms with Gasteiger partial charge < -0.3 is 11.1 Å². The zero-order chi connectivity index (χ0) is 11.1. The van der Waals surface area contributed by atoms with Crippen molar-refractivity contribution in [2.24, 2.45) is 0 Å². The highest BCUT2D eigenvalue weighted by atomic mass is 14.9. The monoisotopic (exact) mass is 207 g/mol. The maximum atomic E-state index is 5.84. The summed E-state index contributed by atoms with van der Waals surface area (Å²) in [6.45, 7) is 5.39. The predicted octanol–water partition coefficient (Wildman–Crippen LogP) is 1.98. The molecule has 1 aromatic rings. The van der Waals surface area contributed by atoms with Gasteiger partial charge in [-0.2, -0.15) is 0 Å². The molecule has 0 aliphatic rings. The van der Waals surface area contributed by atoms with E-state index in [4.69, 9.17) is 5.73 Å². The average Bonchev–Trinajstić information content (AvgIpc) is 2.21. The van der Waals surface area contributed by atoms with Crippen LogP contribution in [0.3, 0.4) is 0 Å². The van der Waals surface area contributed by atoms with Crippen LogP contribution in [-0.2, 0) is 6.42 Å². The average molecular weight is 207 g/mol. The Morgan fingerprint density at radius 2 is 2.33 bits per heavy atom. The standard InChI is InChI=1S/C12H21N3/c1-3-15-10(2)5-4-6-11-9-14-8-7-12(11)13/h7-10,15H,3-6H2,1-2H3,(H2,13,14). The van der Waals surface area contributed by atoms with Gasteiger partial charge in [0.05, 0.1) is 0 Å². The Morgan fingerprint density at radius 1 is 1.53 bits per heavy atom. The largest absolute Gasteiger partial charge is 0.398 e. The summed E-state index contributed by atoms with van der Waals surface area (Å²) in [5.74, 6) is 0. The van der Waals surface area contributed by atoms with E-state index in [0.29, 0.717) is 6.04 Å². The first-order valence-corrected chi connectivity index (χ1v) is 5.65. The number of hydrogen-bond donors (Lipinski definition) is 2. The zero-order valence-corrected chi connectivity index (χ0v) is 9.66. The van der Waals surface area contributed by atoms with Gasteiger partial charge in [-0.15, -0.1) is 0 Å². The lowest BCUT2D eigenvalue weighted by molar-refractivity contribution is 0.512. The van der Waals surface area contributed by atoms with Gasteiger partial charge in [0, 0.05) is 24.1 Å². The van der Waals surface area contributed by atoms with Crippen molar-refractivity contribution in [1.29, 1.82) is 0 Å². The summed E-state index contributed by atoms with van der Waals surface area (Å²) in [4.78, 5) is 4.08. The van der Waals surface area contributed by atoms with Gasteiger partial charge in [0.25, 0.3) is 0 Å². The van der Waals surface area contributed by atoms with E-state index in [1.54, 1.807) is 6.20 Å². The normalized spacial score (nSPS) is 12.7. The highest BCUT2D eigenvalue weighted by Crippen LogP contribution is 2.12. The van der Waals surface area contributed by atoms with Crippen molar-refractivity contribution < 1.29 is 0 Å². The molecule has 0 saturated heterocycles. The number of aromatic nitrogens is 1. The predicted molar refractivity (Wildman–Crippen MR) is 64.7 cm³/mol. The molecule has 0 aliphatic heterocycles. The van der Waals surface area contributed by atoms with Crippen molar-refractivity contribution in [3.05, 3.63) is 24.0 Å². The molecule has 3 heteroatoms. The third-order valence-corrected chi connectivity index (χ3v) is 2.58. The first-order valence-electron chi connectivity index (χ1n) is 5.65. The van der Waals surface area contributed by atoms with Crippen molar-refractivity contribution in [2.45, 2.75) is 39.2 Å². The molecule has 0 fully saturated rings. The molecule has 1 heterocycles.